The van der Waals surface area contributed by atoms with E-state index < -0.39 is 7.60 Å². The van der Waals surface area contributed by atoms with Gasteiger partial charge in [0.05, 0.1) is 27.7 Å². The predicted molar refractivity (Wildman–Crippen MR) is 137 cm³/mol. The van der Waals surface area contributed by atoms with Crippen LogP contribution < -0.4 is 0 Å². The van der Waals surface area contributed by atoms with Gasteiger partial charge in [0, 0.05) is 6.42 Å². The van der Waals surface area contributed by atoms with Crippen LogP contribution in [0.2, 0.25) is 0 Å². The van der Waals surface area contributed by atoms with E-state index in [4.69, 9.17) is 4.52 Å². The number of hydrogen-bond acceptors (Lipinski definition) is 2. The number of hydrogen-bond donors (Lipinski definition) is 1. The summed E-state index contributed by atoms with van der Waals surface area (Å²) in [5, 5.41) is 0. The van der Waals surface area contributed by atoms with Gasteiger partial charge in [-0.15, -0.1) is 0 Å². The van der Waals surface area contributed by atoms with Crippen LogP contribution >= 0.6 is 7.60 Å². The minimum atomic E-state index is -3.55. The third kappa shape index (κ3) is 18.0. The van der Waals surface area contributed by atoms with E-state index >= 15 is 0 Å². The quantitative estimate of drug-likeness (QED) is 0.0763. The molecular weight excluding hydrogens is 405 g/mol. The Labute approximate surface area is 195 Å². The monoisotopic (exact) mass is 460 g/mol. The summed E-state index contributed by atoms with van der Waals surface area (Å²) in [7, 11) is 2.31. The Hall–Kier alpha value is -0.150. The highest BCUT2D eigenvalue weighted by Crippen LogP contribution is 2.51. The SMILES string of the molecule is CCC/C=C\CCCCCCCCCCCCCCCOP(=O)(O)C(CC)[N+](C)(C)C. The first-order valence-corrected chi connectivity index (χ1v) is 14.8. The molecule has 0 bridgehead atoms. The van der Waals surface area contributed by atoms with E-state index in [2.05, 4.69) is 19.1 Å². The lowest BCUT2D eigenvalue weighted by atomic mass is 10.0. The van der Waals surface area contributed by atoms with Crippen LogP contribution in [0.5, 0.6) is 0 Å². The van der Waals surface area contributed by atoms with Gasteiger partial charge in [0.2, 0.25) is 0 Å². The van der Waals surface area contributed by atoms with Gasteiger partial charge in [0.1, 0.15) is 0 Å². The molecule has 0 aliphatic carbocycles. The fourth-order valence-corrected chi connectivity index (χ4v) is 6.11. The van der Waals surface area contributed by atoms with Gasteiger partial charge in [-0.25, -0.2) is 0 Å². The Bertz CT molecular complexity index is 474. The van der Waals surface area contributed by atoms with Crippen LogP contribution in [0.3, 0.4) is 0 Å². The first kappa shape index (κ1) is 30.9. The fourth-order valence-electron chi connectivity index (χ4n) is 4.21. The van der Waals surface area contributed by atoms with Crippen molar-refractivity contribution in [1.82, 2.24) is 0 Å². The van der Waals surface area contributed by atoms with Crippen LogP contribution in [0, 0.1) is 0 Å². The normalized spacial score (nSPS) is 15.4. The molecule has 0 heterocycles. The summed E-state index contributed by atoms with van der Waals surface area (Å²) >= 11 is 0. The molecule has 0 fully saturated rings. The molecule has 0 amide bonds. The molecule has 0 radical (unpaired) electrons. The number of allylic oxidation sites excluding steroid dienone is 2. The molecule has 0 aromatic carbocycles. The summed E-state index contributed by atoms with van der Waals surface area (Å²) in [5.41, 5.74) is 0. The van der Waals surface area contributed by atoms with E-state index in [0.717, 1.165) is 12.8 Å². The molecule has 0 spiro atoms. The van der Waals surface area contributed by atoms with Gasteiger partial charge in [-0.3, -0.25) is 4.57 Å². The van der Waals surface area contributed by atoms with Crippen molar-refractivity contribution in [3.8, 4) is 0 Å². The molecule has 0 aliphatic heterocycles. The average molecular weight is 461 g/mol. The van der Waals surface area contributed by atoms with E-state index in [9.17, 15) is 9.46 Å². The average Bonchev–Trinajstić information content (AvgIpc) is 2.68. The zero-order valence-corrected chi connectivity index (χ0v) is 22.5. The van der Waals surface area contributed by atoms with Crippen LogP contribution in [0.25, 0.3) is 0 Å². The summed E-state index contributed by atoms with van der Waals surface area (Å²) in [6, 6.07) is 0. The summed E-state index contributed by atoms with van der Waals surface area (Å²) in [4.78, 5) is 10.3. The lowest BCUT2D eigenvalue weighted by molar-refractivity contribution is -0.883. The zero-order valence-electron chi connectivity index (χ0n) is 21.6. The molecule has 0 aromatic heterocycles. The maximum Gasteiger partial charge on any atom is 0.385 e. The lowest BCUT2D eigenvalue weighted by Gasteiger charge is -2.35. The summed E-state index contributed by atoms with van der Waals surface area (Å²) < 4.78 is 18.4. The number of quaternary nitrogens is 1. The van der Waals surface area contributed by atoms with Crippen LogP contribution in [0.1, 0.15) is 123 Å². The van der Waals surface area contributed by atoms with Crippen molar-refractivity contribution in [2.24, 2.45) is 0 Å². The lowest BCUT2D eigenvalue weighted by Crippen LogP contribution is -2.44. The fraction of sp³-hybridized carbons (Fsp3) is 0.923. The Morgan fingerprint density at radius 3 is 1.58 bits per heavy atom. The topological polar surface area (TPSA) is 46.5 Å². The third-order valence-corrected chi connectivity index (χ3v) is 8.41. The molecule has 0 aromatic rings. The van der Waals surface area contributed by atoms with Crippen LogP contribution in [0.4, 0.5) is 0 Å². The van der Waals surface area contributed by atoms with E-state index in [1.54, 1.807) is 0 Å². The molecule has 0 saturated carbocycles. The van der Waals surface area contributed by atoms with E-state index in [-0.39, 0.29) is 5.78 Å². The van der Waals surface area contributed by atoms with Gasteiger partial charge in [-0.2, -0.15) is 0 Å². The molecule has 31 heavy (non-hydrogen) atoms. The van der Waals surface area contributed by atoms with E-state index in [1.165, 1.54) is 89.9 Å². The first-order valence-electron chi connectivity index (χ1n) is 13.2. The smallest absolute Gasteiger partial charge is 0.320 e. The highest BCUT2D eigenvalue weighted by atomic mass is 31.2. The molecule has 186 valence electrons. The van der Waals surface area contributed by atoms with E-state index in [0.29, 0.717) is 17.5 Å². The highest BCUT2D eigenvalue weighted by Gasteiger charge is 2.41. The van der Waals surface area contributed by atoms with Gasteiger partial charge < -0.3 is 13.9 Å². The van der Waals surface area contributed by atoms with Gasteiger partial charge in [-0.1, -0.05) is 103 Å². The Balaban J connectivity index is 3.43. The summed E-state index contributed by atoms with van der Waals surface area (Å²) in [6.45, 7) is 4.59. The minimum absolute atomic E-state index is 0.347. The highest BCUT2D eigenvalue weighted by molar-refractivity contribution is 7.53. The predicted octanol–water partition coefficient (Wildman–Crippen LogP) is 8.45. The molecule has 2 atom stereocenters. The molecule has 2 unspecified atom stereocenters. The van der Waals surface area contributed by atoms with Gasteiger partial charge in [0.25, 0.3) is 0 Å². The Morgan fingerprint density at radius 1 is 0.742 bits per heavy atom. The van der Waals surface area contributed by atoms with Crippen LogP contribution in [-0.2, 0) is 9.09 Å². The van der Waals surface area contributed by atoms with Crippen molar-refractivity contribution < 1.29 is 18.5 Å². The standard InChI is InChI=1S/C26H54NO3P/c1-6-8-9-10-11-12-13-14-15-16-17-18-19-20-21-22-23-24-25-30-31(28,29)26(7-2)27(3,4)5/h9-10,26H,6-8,11-25H2,1-5H3/p+1/b10-9-. The molecule has 5 heteroatoms. The van der Waals surface area contributed by atoms with E-state index in [1.807, 2.05) is 28.1 Å². The summed E-state index contributed by atoms with van der Waals surface area (Å²) in [6.07, 6.45) is 25.9. The summed E-state index contributed by atoms with van der Waals surface area (Å²) in [5.74, 6) is -0.347. The maximum absolute atomic E-state index is 12.5. The van der Waals surface area contributed by atoms with Gasteiger partial charge in [0.15, 0.2) is 5.78 Å². The van der Waals surface area contributed by atoms with Crippen molar-refractivity contribution in [3.63, 3.8) is 0 Å². The second-order valence-corrected chi connectivity index (χ2v) is 12.0. The molecule has 4 nitrogen and oxygen atoms in total. The second-order valence-electron chi connectivity index (χ2n) is 10.0. The maximum atomic E-state index is 12.5. The van der Waals surface area contributed by atoms with Gasteiger partial charge in [-0.05, 0) is 25.7 Å². The zero-order chi connectivity index (χ0) is 23.4. The molecule has 0 aliphatic rings. The number of unbranched alkanes of at least 4 members (excludes halogenated alkanes) is 14. The number of rotatable bonds is 22. The Kier molecular flexibility index (Phi) is 19.2. The first-order chi connectivity index (χ1) is 14.8. The minimum Gasteiger partial charge on any atom is -0.320 e. The number of nitrogens with zero attached hydrogens (tertiary/aromatic N) is 1. The second kappa shape index (κ2) is 19.3. The third-order valence-electron chi connectivity index (χ3n) is 6.05. The van der Waals surface area contributed by atoms with Crippen molar-refractivity contribution in [3.05, 3.63) is 12.2 Å². The largest absolute Gasteiger partial charge is 0.385 e. The molecule has 0 rings (SSSR count). The van der Waals surface area contributed by atoms with Crippen molar-refractivity contribution in [1.29, 1.82) is 0 Å². The molecule has 0 saturated heterocycles. The van der Waals surface area contributed by atoms with Crippen LogP contribution in [0.15, 0.2) is 12.2 Å². The van der Waals surface area contributed by atoms with Crippen LogP contribution in [-0.4, -0.2) is 42.9 Å². The van der Waals surface area contributed by atoms with Crippen molar-refractivity contribution in [2.75, 3.05) is 27.7 Å². The van der Waals surface area contributed by atoms with Crippen molar-refractivity contribution in [2.45, 2.75) is 129 Å². The molecule has 1 N–H and O–H groups in total. The Morgan fingerprint density at radius 2 is 1.16 bits per heavy atom. The molecular formula is C26H55NO3P+. The van der Waals surface area contributed by atoms with Crippen molar-refractivity contribution >= 4 is 7.60 Å². The van der Waals surface area contributed by atoms with Gasteiger partial charge >= 0.3 is 7.60 Å².